The fraction of sp³-hybridized carbons (Fsp3) is 0. The second kappa shape index (κ2) is 3.27. The van der Waals surface area contributed by atoms with E-state index in [0.717, 1.165) is 0 Å². The lowest BCUT2D eigenvalue weighted by Crippen LogP contribution is -1.81. The number of benzene rings is 1. The van der Waals surface area contributed by atoms with Gasteiger partial charge in [-0.25, -0.2) is 0 Å². The van der Waals surface area contributed by atoms with E-state index < -0.39 is 0 Å². The Labute approximate surface area is 68.6 Å². The van der Waals surface area contributed by atoms with E-state index in [4.69, 9.17) is 10.5 Å². The Morgan fingerprint density at radius 3 is 2.33 bits per heavy atom. The van der Waals surface area contributed by atoms with Crippen LogP contribution in [0.15, 0.2) is 23.4 Å². The average molecular weight is 157 g/mol. The second-order valence-corrected chi connectivity index (χ2v) is 2.04. The Hall–Kier alpha value is -2.20. The van der Waals surface area contributed by atoms with Gasteiger partial charge in [0.2, 0.25) is 0 Å². The van der Waals surface area contributed by atoms with Crippen LogP contribution in [-0.2, 0) is 0 Å². The molecule has 0 N–H and O–H groups in total. The molecule has 0 atom stereocenters. The molecule has 1 aromatic carbocycles. The summed E-state index contributed by atoms with van der Waals surface area (Å²) in [6.45, 7) is 0. The average Bonchev–Trinajstić information content (AvgIpc) is 2.16. The number of nitroso groups, excluding NO2 is 1. The molecule has 0 unspecified atom stereocenters. The van der Waals surface area contributed by atoms with Gasteiger partial charge in [0.15, 0.2) is 0 Å². The monoisotopic (exact) mass is 157 g/mol. The zero-order chi connectivity index (χ0) is 8.97. The molecule has 1 aromatic rings. The molecule has 0 aliphatic rings. The van der Waals surface area contributed by atoms with Crippen LogP contribution in [0.25, 0.3) is 0 Å². The number of nitriles is 2. The number of hydrogen-bond acceptors (Lipinski definition) is 4. The molecule has 4 nitrogen and oxygen atoms in total. The Balaban J connectivity index is 3.34. The lowest BCUT2D eigenvalue weighted by Gasteiger charge is -1.92. The van der Waals surface area contributed by atoms with Crippen LogP contribution < -0.4 is 0 Å². The molecule has 0 radical (unpaired) electrons. The van der Waals surface area contributed by atoms with Gasteiger partial charge in [0.1, 0.15) is 17.8 Å². The standard InChI is InChI=1S/C8H3N3O/c9-4-6-1-2-8(11-12)3-7(6)5-10/h1-3H. The molecule has 12 heavy (non-hydrogen) atoms. The molecular formula is C8H3N3O. The Morgan fingerprint density at radius 1 is 1.17 bits per heavy atom. The van der Waals surface area contributed by atoms with Gasteiger partial charge < -0.3 is 0 Å². The molecule has 56 valence electrons. The van der Waals surface area contributed by atoms with Gasteiger partial charge in [0.05, 0.1) is 11.1 Å². The summed E-state index contributed by atoms with van der Waals surface area (Å²) in [7, 11) is 0. The van der Waals surface area contributed by atoms with E-state index in [-0.39, 0.29) is 16.8 Å². The van der Waals surface area contributed by atoms with Crippen molar-refractivity contribution in [3.05, 3.63) is 34.2 Å². The number of nitrogens with zero attached hydrogens (tertiary/aromatic N) is 3. The molecular weight excluding hydrogens is 154 g/mol. The molecule has 4 heteroatoms. The molecule has 1 rings (SSSR count). The first kappa shape index (κ1) is 7.90. The van der Waals surface area contributed by atoms with Crippen molar-refractivity contribution in [2.24, 2.45) is 5.18 Å². The lowest BCUT2D eigenvalue weighted by molar-refractivity contribution is 1.40. The second-order valence-electron chi connectivity index (χ2n) is 2.04. The van der Waals surface area contributed by atoms with Gasteiger partial charge in [0.25, 0.3) is 0 Å². The Bertz CT molecular complexity index is 398. The maximum Gasteiger partial charge on any atom is 0.109 e. The van der Waals surface area contributed by atoms with Crippen LogP contribution in [0.1, 0.15) is 11.1 Å². The maximum atomic E-state index is 10.0. The first-order valence-corrected chi connectivity index (χ1v) is 3.09. The molecule has 0 aliphatic carbocycles. The fourth-order valence-corrected chi connectivity index (χ4v) is 0.779. The van der Waals surface area contributed by atoms with Gasteiger partial charge in [0, 0.05) is 0 Å². The van der Waals surface area contributed by atoms with Crippen molar-refractivity contribution in [1.29, 1.82) is 10.5 Å². The largest absolute Gasteiger partial charge is 0.192 e. The van der Waals surface area contributed by atoms with Gasteiger partial charge in [-0.1, -0.05) is 0 Å². The predicted molar refractivity (Wildman–Crippen MR) is 41.3 cm³/mol. The molecule has 0 spiro atoms. The van der Waals surface area contributed by atoms with E-state index in [9.17, 15) is 4.91 Å². The zero-order valence-corrected chi connectivity index (χ0v) is 5.98. The Morgan fingerprint density at radius 2 is 1.83 bits per heavy atom. The van der Waals surface area contributed by atoms with Gasteiger partial charge in [-0.3, -0.25) is 0 Å². The molecule has 0 amide bonds. The minimum absolute atomic E-state index is 0.158. The molecule has 0 saturated heterocycles. The summed E-state index contributed by atoms with van der Waals surface area (Å²) in [5.41, 5.74) is 0.588. The molecule has 0 aliphatic heterocycles. The normalized spacial score (nSPS) is 8.17. The highest BCUT2D eigenvalue weighted by Crippen LogP contribution is 2.16. The molecule has 0 aromatic heterocycles. The van der Waals surface area contributed by atoms with Crippen molar-refractivity contribution in [3.63, 3.8) is 0 Å². The van der Waals surface area contributed by atoms with Gasteiger partial charge in [-0.15, -0.1) is 4.91 Å². The van der Waals surface area contributed by atoms with E-state index in [1.807, 2.05) is 6.07 Å². The van der Waals surface area contributed by atoms with Crippen molar-refractivity contribution < 1.29 is 0 Å². The van der Waals surface area contributed by atoms with Crippen molar-refractivity contribution in [1.82, 2.24) is 0 Å². The highest BCUT2D eigenvalue weighted by Gasteiger charge is 2.01. The van der Waals surface area contributed by atoms with E-state index in [2.05, 4.69) is 5.18 Å². The summed E-state index contributed by atoms with van der Waals surface area (Å²) in [5, 5.41) is 19.7. The van der Waals surface area contributed by atoms with Crippen LogP contribution in [-0.4, -0.2) is 0 Å². The van der Waals surface area contributed by atoms with E-state index >= 15 is 0 Å². The summed E-state index contributed by atoms with van der Waals surface area (Å²) in [6, 6.07) is 7.71. The van der Waals surface area contributed by atoms with Crippen molar-refractivity contribution in [2.75, 3.05) is 0 Å². The maximum absolute atomic E-state index is 10.0. The van der Waals surface area contributed by atoms with Crippen molar-refractivity contribution in [3.8, 4) is 12.1 Å². The molecule has 0 saturated carbocycles. The first-order chi connectivity index (χ1) is 5.81. The Kier molecular flexibility index (Phi) is 2.15. The van der Waals surface area contributed by atoms with Crippen LogP contribution in [0.5, 0.6) is 0 Å². The third-order valence-electron chi connectivity index (χ3n) is 1.35. The summed E-state index contributed by atoms with van der Waals surface area (Å²) >= 11 is 0. The summed E-state index contributed by atoms with van der Waals surface area (Å²) in [6.07, 6.45) is 0. The molecule has 0 heterocycles. The van der Waals surface area contributed by atoms with Gasteiger partial charge in [-0.2, -0.15) is 10.5 Å². The highest BCUT2D eigenvalue weighted by molar-refractivity contribution is 5.53. The highest BCUT2D eigenvalue weighted by atomic mass is 16.3. The minimum Gasteiger partial charge on any atom is -0.192 e. The third-order valence-corrected chi connectivity index (χ3v) is 1.35. The van der Waals surface area contributed by atoms with Crippen LogP contribution in [0, 0.1) is 27.6 Å². The fourth-order valence-electron chi connectivity index (χ4n) is 0.779. The number of hydrogen-bond donors (Lipinski definition) is 0. The van der Waals surface area contributed by atoms with Gasteiger partial charge in [-0.05, 0) is 23.4 Å². The van der Waals surface area contributed by atoms with E-state index in [0.29, 0.717) is 0 Å². The van der Waals surface area contributed by atoms with Crippen LogP contribution in [0.2, 0.25) is 0 Å². The van der Waals surface area contributed by atoms with Crippen LogP contribution in [0.3, 0.4) is 0 Å². The van der Waals surface area contributed by atoms with Crippen molar-refractivity contribution >= 4 is 5.69 Å². The smallest absolute Gasteiger partial charge is 0.109 e. The number of rotatable bonds is 1. The summed E-state index contributed by atoms with van der Waals surface area (Å²) in [4.78, 5) is 10.0. The van der Waals surface area contributed by atoms with Gasteiger partial charge >= 0.3 is 0 Å². The topological polar surface area (TPSA) is 77.0 Å². The van der Waals surface area contributed by atoms with Crippen LogP contribution in [0.4, 0.5) is 5.69 Å². The SMILES string of the molecule is N#Cc1ccc(N=O)cc1C#N. The van der Waals surface area contributed by atoms with E-state index in [1.165, 1.54) is 18.2 Å². The van der Waals surface area contributed by atoms with Crippen LogP contribution >= 0.6 is 0 Å². The minimum atomic E-state index is 0.158. The molecule has 0 fully saturated rings. The first-order valence-electron chi connectivity index (χ1n) is 3.09. The van der Waals surface area contributed by atoms with Crippen molar-refractivity contribution in [2.45, 2.75) is 0 Å². The quantitative estimate of drug-likeness (QED) is 0.583. The molecule has 0 bridgehead atoms. The summed E-state index contributed by atoms with van der Waals surface area (Å²) < 4.78 is 0. The predicted octanol–water partition coefficient (Wildman–Crippen LogP) is 1.83. The summed E-state index contributed by atoms with van der Waals surface area (Å²) in [5.74, 6) is 0. The third kappa shape index (κ3) is 1.28. The zero-order valence-electron chi connectivity index (χ0n) is 5.98. The lowest BCUT2D eigenvalue weighted by atomic mass is 10.1. The van der Waals surface area contributed by atoms with E-state index in [1.54, 1.807) is 6.07 Å².